The van der Waals surface area contributed by atoms with Crippen LogP contribution in [-0.2, 0) is 9.59 Å². The zero-order chi connectivity index (χ0) is 23.1. The van der Waals surface area contributed by atoms with Gasteiger partial charge in [-0.05, 0) is 36.8 Å². The van der Waals surface area contributed by atoms with Gasteiger partial charge >= 0.3 is 0 Å². The van der Waals surface area contributed by atoms with Gasteiger partial charge in [0.15, 0.2) is 29.6 Å². The molecular formula is C21H20N8O4. The van der Waals surface area contributed by atoms with Crippen LogP contribution in [-0.4, -0.2) is 55.1 Å². The maximum Gasteiger partial charge on any atom is 0.255 e. The van der Waals surface area contributed by atoms with E-state index in [0.29, 0.717) is 28.8 Å². The van der Waals surface area contributed by atoms with E-state index in [2.05, 4.69) is 25.7 Å². The monoisotopic (exact) mass is 448 g/mol. The van der Waals surface area contributed by atoms with Crippen LogP contribution in [0.2, 0.25) is 0 Å². The molecule has 33 heavy (non-hydrogen) atoms. The number of anilines is 1. The Kier molecular flexibility index (Phi) is 4.89. The molecule has 3 N–H and O–H groups in total. The fourth-order valence-corrected chi connectivity index (χ4v) is 4.00. The van der Waals surface area contributed by atoms with Crippen LogP contribution in [0.1, 0.15) is 29.2 Å². The van der Waals surface area contributed by atoms with Crippen molar-refractivity contribution in [3.8, 4) is 17.3 Å². The van der Waals surface area contributed by atoms with Gasteiger partial charge in [0.1, 0.15) is 12.1 Å². The average molecular weight is 448 g/mol. The lowest BCUT2D eigenvalue weighted by Gasteiger charge is -2.25. The second kappa shape index (κ2) is 7.89. The van der Waals surface area contributed by atoms with Crippen molar-refractivity contribution in [1.29, 1.82) is 0 Å². The van der Waals surface area contributed by atoms with E-state index in [1.165, 1.54) is 18.0 Å². The van der Waals surface area contributed by atoms with Gasteiger partial charge in [0.25, 0.3) is 5.91 Å². The Labute approximate surface area is 187 Å². The minimum absolute atomic E-state index is 0.146. The fraction of sp³-hybridized carbons (Fsp3) is 0.238. The van der Waals surface area contributed by atoms with Crippen LogP contribution in [0.15, 0.2) is 36.7 Å². The maximum atomic E-state index is 12.7. The first-order valence-corrected chi connectivity index (χ1v) is 10.1. The molecular weight excluding hydrogens is 428 g/mol. The van der Waals surface area contributed by atoms with Crippen LogP contribution >= 0.6 is 0 Å². The van der Waals surface area contributed by atoms with Crippen LogP contribution < -0.4 is 20.5 Å². The molecule has 1 aliphatic rings. The number of nitrogens with zero attached hydrogens (tertiary/aromatic N) is 6. The van der Waals surface area contributed by atoms with Crippen molar-refractivity contribution < 1.29 is 19.1 Å². The first-order chi connectivity index (χ1) is 15.9. The molecule has 168 valence electrons. The number of methoxy groups -OCH3 is 1. The summed E-state index contributed by atoms with van der Waals surface area (Å²) in [5, 5.41) is 19.9. The van der Waals surface area contributed by atoms with Crippen LogP contribution in [0.3, 0.4) is 0 Å². The van der Waals surface area contributed by atoms with Crippen molar-refractivity contribution in [1.82, 2.24) is 29.6 Å². The Morgan fingerprint density at radius 2 is 2.09 bits per heavy atom. The molecule has 1 atom stereocenters. The lowest BCUT2D eigenvalue weighted by atomic mass is 9.85. The normalized spacial score (nSPS) is 15.2. The zero-order valence-electron chi connectivity index (χ0n) is 17.8. The summed E-state index contributed by atoms with van der Waals surface area (Å²) in [5.41, 5.74) is 8.25. The predicted octanol–water partition coefficient (Wildman–Crippen LogP) is 0.965. The third-order valence-electron chi connectivity index (χ3n) is 5.43. The number of benzene rings is 1. The van der Waals surface area contributed by atoms with Gasteiger partial charge in [-0.1, -0.05) is 6.07 Å². The molecule has 0 spiro atoms. The summed E-state index contributed by atoms with van der Waals surface area (Å²) in [6, 6.07) is 8.87. The molecule has 2 amide bonds. The summed E-state index contributed by atoms with van der Waals surface area (Å²) in [6.45, 7) is 1.63. The highest BCUT2D eigenvalue weighted by atomic mass is 16.5. The molecule has 4 heterocycles. The van der Waals surface area contributed by atoms with Gasteiger partial charge in [0.05, 0.1) is 12.8 Å². The number of amides is 2. The van der Waals surface area contributed by atoms with E-state index in [0.717, 1.165) is 16.8 Å². The number of aryl methyl sites for hydroxylation is 1. The second-order valence-corrected chi connectivity index (χ2v) is 7.55. The number of carbonyl (C=O) groups excluding carboxylic acids is 2. The predicted molar refractivity (Wildman–Crippen MR) is 115 cm³/mol. The zero-order valence-corrected chi connectivity index (χ0v) is 17.8. The molecule has 12 nitrogen and oxygen atoms in total. The molecule has 5 rings (SSSR count). The summed E-state index contributed by atoms with van der Waals surface area (Å²) in [5.74, 6) is 0.899. The van der Waals surface area contributed by atoms with E-state index in [1.807, 2.05) is 13.0 Å². The van der Waals surface area contributed by atoms with Crippen molar-refractivity contribution in [2.24, 2.45) is 5.73 Å². The van der Waals surface area contributed by atoms with Gasteiger partial charge in [-0.3, -0.25) is 9.59 Å². The number of hydrogen-bond donors (Lipinski definition) is 2. The number of rotatable bonds is 6. The van der Waals surface area contributed by atoms with Gasteiger partial charge in [-0.2, -0.15) is 14.3 Å². The van der Waals surface area contributed by atoms with Crippen molar-refractivity contribution in [3.63, 3.8) is 0 Å². The largest absolute Gasteiger partial charge is 0.493 e. The number of fused-ring (bicyclic) bond motifs is 2. The van der Waals surface area contributed by atoms with E-state index in [9.17, 15) is 9.59 Å². The highest BCUT2D eigenvalue weighted by Gasteiger charge is 2.33. The lowest BCUT2D eigenvalue weighted by molar-refractivity contribution is -0.120. The van der Waals surface area contributed by atoms with Crippen LogP contribution in [0.4, 0.5) is 5.82 Å². The molecule has 0 saturated heterocycles. The number of ether oxygens (including phenoxy) is 2. The van der Waals surface area contributed by atoms with Crippen molar-refractivity contribution >= 4 is 23.3 Å². The van der Waals surface area contributed by atoms with Gasteiger partial charge in [-0.25, -0.2) is 0 Å². The standard InChI is InChI=1S/C21H20N8O4/c1-11-20-13(12-3-4-14(15(7-12)32-2)33-9-16(22)30)8-19(31)24-21(20)29(26-11)18-6-5-17-25-23-10-28(17)27-18/h3-7,10,13H,8-9H2,1-2H3,(H2,22,30)(H,24,31). The number of nitrogens with one attached hydrogen (secondary N) is 1. The van der Waals surface area contributed by atoms with Gasteiger partial charge in [-0.15, -0.1) is 15.3 Å². The summed E-state index contributed by atoms with van der Waals surface area (Å²) >= 11 is 0. The molecule has 0 radical (unpaired) electrons. The van der Waals surface area contributed by atoms with Crippen molar-refractivity contribution in [3.05, 3.63) is 53.5 Å². The molecule has 1 unspecified atom stereocenters. The molecule has 3 aromatic heterocycles. The Balaban J connectivity index is 1.57. The van der Waals surface area contributed by atoms with Gasteiger partial charge in [0.2, 0.25) is 5.91 Å². The number of carbonyl (C=O) groups is 2. The average Bonchev–Trinajstić information content (AvgIpc) is 3.40. The highest BCUT2D eigenvalue weighted by Crippen LogP contribution is 2.42. The minimum Gasteiger partial charge on any atom is -0.493 e. The maximum absolute atomic E-state index is 12.7. The molecule has 0 aliphatic carbocycles. The number of aromatic nitrogens is 6. The molecule has 1 aromatic carbocycles. The SMILES string of the molecule is COc1cc(C2CC(=O)Nc3c2c(C)nn3-c2ccc3nncn3n2)ccc1OCC(N)=O. The van der Waals surface area contributed by atoms with E-state index >= 15 is 0 Å². The number of nitrogens with two attached hydrogens (primary N) is 1. The van der Waals surface area contributed by atoms with E-state index in [4.69, 9.17) is 15.2 Å². The second-order valence-electron chi connectivity index (χ2n) is 7.55. The van der Waals surface area contributed by atoms with Crippen molar-refractivity contribution in [2.45, 2.75) is 19.3 Å². The third-order valence-corrected chi connectivity index (χ3v) is 5.43. The first-order valence-electron chi connectivity index (χ1n) is 10.1. The van der Waals surface area contributed by atoms with Gasteiger partial charge in [0, 0.05) is 17.9 Å². The Bertz CT molecular complexity index is 1390. The highest BCUT2D eigenvalue weighted by molar-refractivity contribution is 5.95. The fourth-order valence-electron chi connectivity index (χ4n) is 4.00. The molecule has 4 aromatic rings. The summed E-state index contributed by atoms with van der Waals surface area (Å²) in [4.78, 5) is 23.7. The van der Waals surface area contributed by atoms with E-state index in [1.54, 1.807) is 28.9 Å². The van der Waals surface area contributed by atoms with Crippen molar-refractivity contribution in [2.75, 3.05) is 19.0 Å². The Morgan fingerprint density at radius 1 is 1.24 bits per heavy atom. The number of primary amides is 1. The quantitative estimate of drug-likeness (QED) is 0.443. The third kappa shape index (κ3) is 3.60. The molecule has 1 aliphatic heterocycles. The van der Waals surface area contributed by atoms with Gasteiger partial charge < -0.3 is 20.5 Å². The Hall–Kier alpha value is -4.48. The van der Waals surface area contributed by atoms with E-state index in [-0.39, 0.29) is 24.9 Å². The number of hydrogen-bond acceptors (Lipinski definition) is 8. The Morgan fingerprint density at radius 3 is 2.88 bits per heavy atom. The smallest absolute Gasteiger partial charge is 0.255 e. The molecule has 0 saturated carbocycles. The summed E-state index contributed by atoms with van der Waals surface area (Å²) in [6.07, 6.45) is 1.74. The van der Waals surface area contributed by atoms with Crippen LogP contribution in [0, 0.1) is 6.92 Å². The minimum atomic E-state index is -0.587. The van der Waals surface area contributed by atoms with E-state index < -0.39 is 5.91 Å². The topological polar surface area (TPSA) is 152 Å². The summed E-state index contributed by atoms with van der Waals surface area (Å²) < 4.78 is 14.0. The lowest BCUT2D eigenvalue weighted by Crippen LogP contribution is -2.25. The summed E-state index contributed by atoms with van der Waals surface area (Å²) in [7, 11) is 1.51. The van der Waals surface area contributed by atoms with Crippen LogP contribution in [0.25, 0.3) is 11.5 Å². The molecule has 0 bridgehead atoms. The molecule has 0 fully saturated rings. The van der Waals surface area contributed by atoms with Crippen LogP contribution in [0.5, 0.6) is 11.5 Å². The first kappa shape index (κ1) is 20.4. The molecule has 12 heteroatoms.